The van der Waals surface area contributed by atoms with Crippen molar-refractivity contribution in [3.63, 3.8) is 0 Å². The summed E-state index contributed by atoms with van der Waals surface area (Å²) in [6.45, 7) is 6.46. The van der Waals surface area contributed by atoms with Gasteiger partial charge in [-0.05, 0) is 24.5 Å². The molecule has 5 nitrogen and oxygen atoms in total. The summed E-state index contributed by atoms with van der Waals surface area (Å²) in [7, 11) is 1.52. The Morgan fingerprint density at radius 2 is 1.38 bits per heavy atom. The first kappa shape index (κ1) is 28.0. The molecule has 0 spiro atoms. The number of ether oxygens (including phenoxy) is 2. The molecule has 1 unspecified atom stereocenters. The van der Waals surface area contributed by atoms with Crippen LogP contribution in [0.5, 0.6) is 5.75 Å². The minimum absolute atomic E-state index is 0.0665. The van der Waals surface area contributed by atoms with E-state index in [1.165, 1.54) is 71.3 Å². The molecule has 182 valence electrons. The Labute approximate surface area is 195 Å². The first-order valence-corrected chi connectivity index (χ1v) is 12.6. The zero-order valence-electron chi connectivity index (χ0n) is 20.8. The molecule has 1 atom stereocenters. The Bertz CT molecular complexity index is 644. The molecule has 32 heavy (non-hydrogen) atoms. The average molecular weight is 448 g/mol. The molecule has 1 amide bonds. The van der Waals surface area contributed by atoms with Gasteiger partial charge in [-0.1, -0.05) is 104 Å². The second-order valence-corrected chi connectivity index (χ2v) is 8.95. The molecule has 0 aliphatic carbocycles. The summed E-state index contributed by atoms with van der Waals surface area (Å²) in [6.07, 6.45) is 15.2. The van der Waals surface area contributed by atoms with Crippen molar-refractivity contribution < 1.29 is 19.1 Å². The maximum Gasteiger partial charge on any atom is 0.328 e. The van der Waals surface area contributed by atoms with Crippen molar-refractivity contribution in [3.05, 3.63) is 29.8 Å². The highest BCUT2D eigenvalue weighted by molar-refractivity contribution is 5.99. The van der Waals surface area contributed by atoms with E-state index in [0.29, 0.717) is 17.9 Å². The van der Waals surface area contributed by atoms with Crippen molar-refractivity contribution in [3.8, 4) is 5.75 Å². The van der Waals surface area contributed by atoms with Crippen LogP contribution in [0.25, 0.3) is 0 Å². The topological polar surface area (TPSA) is 64.6 Å². The lowest BCUT2D eigenvalue weighted by atomic mass is 10.0. The predicted molar refractivity (Wildman–Crippen MR) is 131 cm³/mol. The minimum Gasteiger partial charge on any atom is -0.496 e. The summed E-state index contributed by atoms with van der Waals surface area (Å²) >= 11 is 0. The number of carbonyl (C=O) groups excluding carboxylic acids is 2. The maximum atomic E-state index is 12.6. The molecule has 1 aromatic carbocycles. The van der Waals surface area contributed by atoms with E-state index in [-0.39, 0.29) is 17.8 Å². The third-order valence-corrected chi connectivity index (χ3v) is 5.80. The van der Waals surface area contributed by atoms with E-state index in [0.717, 1.165) is 12.8 Å². The monoisotopic (exact) mass is 447 g/mol. The zero-order valence-corrected chi connectivity index (χ0v) is 20.8. The fourth-order valence-electron chi connectivity index (χ4n) is 3.75. The molecule has 1 rings (SSSR count). The number of nitrogens with one attached hydrogen (secondary N) is 1. The minimum atomic E-state index is -0.676. The summed E-state index contributed by atoms with van der Waals surface area (Å²) in [5, 5.41) is 2.81. The highest BCUT2D eigenvalue weighted by Crippen LogP contribution is 2.18. The molecule has 5 heteroatoms. The van der Waals surface area contributed by atoms with Crippen molar-refractivity contribution >= 4 is 11.9 Å². The van der Waals surface area contributed by atoms with Crippen molar-refractivity contribution in [1.82, 2.24) is 5.32 Å². The third-order valence-electron chi connectivity index (χ3n) is 5.80. The van der Waals surface area contributed by atoms with Crippen LogP contribution >= 0.6 is 0 Å². The number of hydrogen-bond donors (Lipinski definition) is 1. The largest absolute Gasteiger partial charge is 0.496 e. The predicted octanol–water partition coefficient (Wildman–Crippen LogP) is 6.69. The van der Waals surface area contributed by atoms with Gasteiger partial charge in [0.05, 0.1) is 19.3 Å². The van der Waals surface area contributed by atoms with Gasteiger partial charge >= 0.3 is 5.97 Å². The van der Waals surface area contributed by atoms with Gasteiger partial charge in [-0.15, -0.1) is 0 Å². The summed E-state index contributed by atoms with van der Waals surface area (Å²) < 4.78 is 10.7. The number of esters is 1. The molecule has 0 heterocycles. The summed E-state index contributed by atoms with van der Waals surface area (Å²) in [4.78, 5) is 25.2. The lowest BCUT2D eigenvalue weighted by Gasteiger charge is -2.21. The van der Waals surface area contributed by atoms with E-state index in [4.69, 9.17) is 9.47 Å². The SMILES string of the molecule is CCCCCCCCCCCCCCOC(=O)C(NC(=O)c1ccccc1OC)C(C)C. The van der Waals surface area contributed by atoms with Crippen LogP contribution in [0.2, 0.25) is 0 Å². The number of unbranched alkanes of at least 4 members (excludes halogenated alkanes) is 11. The highest BCUT2D eigenvalue weighted by atomic mass is 16.5. The summed E-state index contributed by atoms with van der Waals surface area (Å²) in [5.74, 6) is -0.282. The van der Waals surface area contributed by atoms with Crippen LogP contribution in [0.3, 0.4) is 0 Å². The Morgan fingerprint density at radius 1 is 0.844 bits per heavy atom. The number of methoxy groups -OCH3 is 1. The van der Waals surface area contributed by atoms with Crippen LogP contribution in [0.15, 0.2) is 24.3 Å². The molecule has 0 radical (unpaired) electrons. The normalized spacial score (nSPS) is 11.9. The van der Waals surface area contributed by atoms with Gasteiger partial charge in [-0.3, -0.25) is 4.79 Å². The van der Waals surface area contributed by atoms with Crippen LogP contribution < -0.4 is 10.1 Å². The van der Waals surface area contributed by atoms with Gasteiger partial charge in [0, 0.05) is 0 Å². The van der Waals surface area contributed by atoms with Crippen LogP contribution in [-0.2, 0) is 9.53 Å². The smallest absolute Gasteiger partial charge is 0.328 e. The van der Waals surface area contributed by atoms with E-state index >= 15 is 0 Å². The van der Waals surface area contributed by atoms with Gasteiger partial charge in [0.1, 0.15) is 11.8 Å². The fourth-order valence-corrected chi connectivity index (χ4v) is 3.75. The Kier molecular flexibility index (Phi) is 15.3. The van der Waals surface area contributed by atoms with Gasteiger partial charge < -0.3 is 14.8 Å². The number of hydrogen-bond acceptors (Lipinski definition) is 4. The van der Waals surface area contributed by atoms with Crippen LogP contribution in [0.4, 0.5) is 0 Å². The van der Waals surface area contributed by atoms with Crippen molar-refractivity contribution in [2.24, 2.45) is 5.92 Å². The number of rotatable bonds is 18. The zero-order chi connectivity index (χ0) is 23.6. The molecule has 0 aromatic heterocycles. The van der Waals surface area contributed by atoms with Crippen molar-refractivity contribution in [2.75, 3.05) is 13.7 Å². The molecule has 0 aliphatic rings. The molecular weight excluding hydrogens is 402 g/mol. The summed E-state index contributed by atoms with van der Waals surface area (Å²) in [6, 6.07) is 6.31. The van der Waals surface area contributed by atoms with Crippen LogP contribution in [0, 0.1) is 5.92 Å². The van der Waals surface area contributed by atoms with Gasteiger partial charge in [-0.25, -0.2) is 4.79 Å². The number of carbonyl (C=O) groups is 2. The second kappa shape index (κ2) is 17.5. The van der Waals surface area contributed by atoms with Gasteiger partial charge in [0.2, 0.25) is 0 Å². The molecule has 0 saturated carbocycles. The number of para-hydroxylation sites is 1. The van der Waals surface area contributed by atoms with Gasteiger partial charge in [0.15, 0.2) is 0 Å². The lowest BCUT2D eigenvalue weighted by Crippen LogP contribution is -2.45. The van der Waals surface area contributed by atoms with Crippen molar-refractivity contribution in [1.29, 1.82) is 0 Å². The van der Waals surface area contributed by atoms with Gasteiger partial charge in [0.25, 0.3) is 5.91 Å². The lowest BCUT2D eigenvalue weighted by molar-refractivity contribution is -0.147. The van der Waals surface area contributed by atoms with E-state index < -0.39 is 6.04 Å². The first-order chi connectivity index (χ1) is 15.5. The highest BCUT2D eigenvalue weighted by Gasteiger charge is 2.27. The standard InChI is InChI=1S/C27H45NO4/c1-5-6-7-8-9-10-11-12-13-14-15-18-21-32-27(30)25(22(2)3)28-26(29)23-19-16-17-20-24(23)31-4/h16-17,19-20,22,25H,5-15,18,21H2,1-4H3,(H,28,29). The second-order valence-electron chi connectivity index (χ2n) is 8.95. The summed E-state index contributed by atoms with van der Waals surface area (Å²) in [5.41, 5.74) is 0.411. The van der Waals surface area contributed by atoms with Gasteiger partial charge in [-0.2, -0.15) is 0 Å². The fraction of sp³-hybridized carbons (Fsp3) is 0.704. The third kappa shape index (κ3) is 11.5. The average Bonchev–Trinajstić information content (AvgIpc) is 2.79. The molecule has 0 aliphatic heterocycles. The maximum absolute atomic E-state index is 12.6. The van der Waals surface area contributed by atoms with Crippen molar-refractivity contribution in [2.45, 2.75) is 104 Å². The van der Waals surface area contributed by atoms with Crippen LogP contribution in [-0.4, -0.2) is 31.6 Å². The number of benzene rings is 1. The van der Waals surface area contributed by atoms with E-state index in [1.54, 1.807) is 24.3 Å². The van der Waals surface area contributed by atoms with E-state index in [9.17, 15) is 9.59 Å². The van der Waals surface area contributed by atoms with E-state index in [2.05, 4.69) is 12.2 Å². The Balaban J connectivity index is 2.21. The molecule has 1 aromatic rings. The molecule has 0 bridgehead atoms. The number of amides is 1. The molecule has 0 saturated heterocycles. The quantitative estimate of drug-likeness (QED) is 0.201. The molecular formula is C27H45NO4. The Morgan fingerprint density at radius 3 is 1.91 bits per heavy atom. The first-order valence-electron chi connectivity index (χ1n) is 12.6. The molecule has 0 fully saturated rings. The van der Waals surface area contributed by atoms with E-state index in [1.807, 2.05) is 13.8 Å². The Hall–Kier alpha value is -2.04. The molecule has 1 N–H and O–H groups in total. The van der Waals surface area contributed by atoms with Crippen LogP contribution in [0.1, 0.15) is 108 Å².